The van der Waals surface area contributed by atoms with Crippen LogP contribution in [0.15, 0.2) is 36.7 Å². The third-order valence-corrected chi connectivity index (χ3v) is 4.97. The molecular weight excluding hydrogens is 926 g/mol. The number of aliphatic hydroxyl groups is 4. The van der Waals surface area contributed by atoms with Crippen LogP contribution in [-0.4, -0.2) is 91.1 Å². The average molecular weight is 984 g/mol. The minimum atomic E-state index is -0.167. The van der Waals surface area contributed by atoms with E-state index in [9.17, 15) is 0 Å². The average Bonchev–Trinajstić information content (AvgIpc) is 3.37. The molecule has 0 bridgehead atoms. The molecule has 9 nitrogen and oxygen atoms in total. The summed E-state index contributed by atoms with van der Waals surface area (Å²) in [6.45, 7) is 20.8. The normalized spacial score (nSPS) is 12.3. The van der Waals surface area contributed by atoms with Crippen LogP contribution in [0, 0.1) is 25.4 Å². The molecule has 1 aliphatic carbocycles. The monoisotopic (exact) mass is 982 g/mol. The summed E-state index contributed by atoms with van der Waals surface area (Å²) < 4.78 is 7.15. The van der Waals surface area contributed by atoms with E-state index in [-0.39, 0.29) is 91.7 Å². The van der Waals surface area contributed by atoms with Crippen LogP contribution < -0.4 is 22.7 Å². The summed E-state index contributed by atoms with van der Waals surface area (Å²) in [6.07, 6.45) is 7.59. The van der Waals surface area contributed by atoms with E-state index >= 15 is 0 Å². The number of halogens is 3. The fourth-order valence-corrected chi connectivity index (χ4v) is 2.65. The first-order valence-electron chi connectivity index (χ1n) is 14.4. The summed E-state index contributed by atoms with van der Waals surface area (Å²) in [5, 5.41) is 40.5. The maximum absolute atomic E-state index is 8.31. The minimum absolute atomic E-state index is 0. The Morgan fingerprint density at radius 3 is 1.30 bits per heavy atom. The van der Waals surface area contributed by atoms with Gasteiger partial charge in [-0.25, -0.2) is 4.98 Å². The van der Waals surface area contributed by atoms with Crippen LogP contribution >= 0.6 is 45.2 Å². The zero-order valence-electron chi connectivity index (χ0n) is 29.2. The smallest absolute Gasteiger partial charge is 1.00 e. The summed E-state index contributed by atoms with van der Waals surface area (Å²) >= 11 is 4.38. The molecule has 0 radical (unpaired) electrons. The van der Waals surface area contributed by atoms with E-state index in [4.69, 9.17) is 36.2 Å². The minimum Gasteiger partial charge on any atom is -1.00 e. The van der Waals surface area contributed by atoms with Crippen molar-refractivity contribution in [3.8, 4) is 6.07 Å². The molecule has 2 aliphatic rings. The number of aliphatic hydroxyl groups excluding tert-OH is 4. The van der Waals surface area contributed by atoms with Crippen molar-refractivity contribution in [2.75, 3.05) is 13.2 Å². The molecule has 14 heteroatoms. The molecule has 4 rings (SSSR count). The van der Waals surface area contributed by atoms with Gasteiger partial charge in [0.25, 0.3) is 0 Å². The zero-order valence-corrected chi connectivity index (χ0v) is 38.1. The molecule has 0 spiro atoms. The maximum atomic E-state index is 8.31. The summed E-state index contributed by atoms with van der Waals surface area (Å²) in [5.41, 5.74) is 7.38. The number of hydrogen-bond acceptors (Lipinski definition) is 9. The first kappa shape index (κ1) is 62.1. The van der Waals surface area contributed by atoms with Crippen LogP contribution in [-0.2, 0) is 32.0 Å². The van der Waals surface area contributed by atoms with Gasteiger partial charge < -0.3 is 54.8 Å². The van der Waals surface area contributed by atoms with Crippen molar-refractivity contribution in [2.24, 2.45) is 5.73 Å². The van der Waals surface area contributed by atoms with Crippen LogP contribution in [0.5, 0.6) is 0 Å². The number of nitrogens with zero attached hydrogens (tertiary/aromatic N) is 3. The van der Waals surface area contributed by atoms with Gasteiger partial charge in [0.05, 0.1) is 11.2 Å². The van der Waals surface area contributed by atoms with Crippen molar-refractivity contribution >= 4 is 68.2 Å². The largest absolute Gasteiger partial charge is 2.00 e. The molecule has 262 valence electrons. The Morgan fingerprint density at radius 2 is 1.11 bits per heavy atom. The van der Waals surface area contributed by atoms with Gasteiger partial charge in [-0.1, -0.05) is 0 Å². The summed E-state index contributed by atoms with van der Waals surface area (Å²) in [6, 6.07) is 9.56. The predicted octanol–water partition coefficient (Wildman–Crippen LogP) is 3.00. The third kappa shape index (κ3) is 57.3. The van der Waals surface area contributed by atoms with Crippen molar-refractivity contribution in [1.29, 1.82) is 5.26 Å². The molecule has 3 heterocycles. The Kier molecular flexibility index (Phi) is 56.9. The Labute approximate surface area is 348 Å². The van der Waals surface area contributed by atoms with Gasteiger partial charge in [0.1, 0.15) is 11.8 Å². The van der Waals surface area contributed by atoms with E-state index in [2.05, 4.69) is 68.1 Å². The second-order valence-electron chi connectivity index (χ2n) is 10.2. The molecule has 0 aromatic carbocycles. The van der Waals surface area contributed by atoms with Gasteiger partial charge in [-0.2, -0.15) is 12.2 Å². The number of pyridine rings is 2. The number of nitriles is 1. The molecule has 2 aromatic rings. The van der Waals surface area contributed by atoms with E-state index in [1.165, 1.54) is 12.8 Å². The van der Waals surface area contributed by atoms with E-state index in [0.717, 1.165) is 38.9 Å². The number of nitrogens with two attached hydrogens (primary N) is 1. The van der Waals surface area contributed by atoms with Gasteiger partial charge in [0, 0.05) is 78.9 Å². The molecule has 1 saturated carbocycles. The van der Waals surface area contributed by atoms with Gasteiger partial charge >= 0.3 is 23.1 Å². The number of aromatic nitrogens is 2. The number of rotatable bonds is 1. The Morgan fingerprint density at radius 1 is 0.783 bits per heavy atom. The molecule has 0 unspecified atom stereocenters. The van der Waals surface area contributed by atoms with Gasteiger partial charge in [-0.15, -0.1) is 0 Å². The standard InChI is InChI=1S/C8H9IN2.C6H3IN2.C4H8O.4C3H8O.C2H5.BrH.Mg.Ti/c9-6-1-2-7(11-5-6)8(10)3-4-8;7-5-1-2-6(3-8)9-4-5;1-2-4-5-3-1;4*1-3(2)4;1-2;;;/h1-2,5H,3-4,10H2;1-2,4H;1-4H2;4*3-4H,1-2H3;1H2,2H3;1H;;/q;;;;;;;-1;;+2;/p-1. The Balaban J connectivity index is -0.0000000793. The molecule has 0 atom stereocenters. The number of hydrogen-bond donors (Lipinski definition) is 5. The molecule has 1 aliphatic heterocycles. The molecular formula is C32H57BrI2MgN4O5Ti. The summed E-state index contributed by atoms with van der Waals surface area (Å²) in [4.78, 5) is 8.11. The molecule has 1 saturated heterocycles. The quantitative estimate of drug-likeness (QED) is 0.164. The molecule has 0 amide bonds. The topological polar surface area (TPSA) is 166 Å². The van der Waals surface area contributed by atoms with E-state index in [1.54, 1.807) is 74.6 Å². The predicted molar refractivity (Wildman–Crippen MR) is 200 cm³/mol. The SMILES string of the molecule is C1CCOC1.CC(C)O.CC(C)O.CC(C)O.CC(C)O.N#Cc1ccc(I)cn1.NC1(c2ccc(I)cn2)CC1.[Br-].[CH2-]C.[Mg+2].[Ti]. The van der Waals surface area contributed by atoms with E-state index in [1.807, 2.05) is 24.4 Å². The third-order valence-electron chi connectivity index (χ3n) is 3.70. The van der Waals surface area contributed by atoms with Crippen LogP contribution in [0.1, 0.15) is 99.4 Å². The first-order valence-corrected chi connectivity index (χ1v) is 16.6. The van der Waals surface area contributed by atoms with Crippen LogP contribution in [0.4, 0.5) is 0 Å². The second kappa shape index (κ2) is 42.1. The Hall–Kier alpha value is 0.971. The maximum Gasteiger partial charge on any atom is 2.00 e. The van der Waals surface area contributed by atoms with Crippen molar-refractivity contribution < 1.29 is 63.9 Å². The fourth-order valence-electron chi connectivity index (χ4n) is 2.01. The Bertz CT molecular complexity index is 862. The van der Waals surface area contributed by atoms with Crippen molar-refractivity contribution in [3.05, 3.63) is 62.1 Å². The van der Waals surface area contributed by atoms with Crippen molar-refractivity contribution in [3.63, 3.8) is 0 Å². The zero-order chi connectivity index (χ0) is 34.4. The van der Waals surface area contributed by atoms with Gasteiger partial charge in [-0.3, -0.25) is 4.98 Å². The van der Waals surface area contributed by atoms with Crippen LogP contribution in [0.2, 0.25) is 0 Å². The van der Waals surface area contributed by atoms with Crippen LogP contribution in [0.3, 0.4) is 0 Å². The second-order valence-corrected chi connectivity index (χ2v) is 12.7. The van der Waals surface area contributed by atoms with E-state index in [0.29, 0.717) is 5.69 Å². The summed E-state index contributed by atoms with van der Waals surface area (Å²) in [5.74, 6) is 0. The van der Waals surface area contributed by atoms with E-state index < -0.39 is 0 Å². The van der Waals surface area contributed by atoms with Gasteiger partial charge in [0.2, 0.25) is 0 Å². The summed E-state index contributed by atoms with van der Waals surface area (Å²) in [7, 11) is 0. The fraction of sp³-hybridized carbons (Fsp3) is 0.625. The van der Waals surface area contributed by atoms with Gasteiger partial charge in [0.15, 0.2) is 0 Å². The molecule has 2 aromatic heterocycles. The number of ether oxygens (including phenoxy) is 1. The molecule has 46 heavy (non-hydrogen) atoms. The molecule has 6 N–H and O–H groups in total. The van der Waals surface area contributed by atoms with Crippen LogP contribution in [0.25, 0.3) is 0 Å². The van der Waals surface area contributed by atoms with Crippen molar-refractivity contribution in [1.82, 2.24) is 9.97 Å². The van der Waals surface area contributed by atoms with Crippen molar-refractivity contribution in [2.45, 2.75) is 118 Å². The van der Waals surface area contributed by atoms with Gasteiger partial charge in [-0.05, 0) is 151 Å². The first-order chi connectivity index (χ1) is 20.0. The molecule has 2 fully saturated rings.